The van der Waals surface area contributed by atoms with E-state index in [-0.39, 0.29) is 10.8 Å². The van der Waals surface area contributed by atoms with Crippen molar-refractivity contribution < 1.29 is 12.8 Å². The lowest BCUT2D eigenvalue weighted by atomic mass is 10.2. The Kier molecular flexibility index (Phi) is 3.64. The fourth-order valence-electron chi connectivity index (χ4n) is 2.40. The molecule has 21 heavy (non-hydrogen) atoms. The van der Waals surface area contributed by atoms with E-state index in [2.05, 4.69) is 10.2 Å². The average molecular weight is 310 g/mol. The lowest BCUT2D eigenvalue weighted by Gasteiger charge is -2.35. The Morgan fingerprint density at radius 3 is 2.43 bits per heavy atom. The smallest absolute Gasteiger partial charge is 0.260 e. The molecular formula is C13H15FN4O2S. The van der Waals surface area contributed by atoms with Gasteiger partial charge in [-0.05, 0) is 18.2 Å². The number of nitrogens with one attached hydrogen (secondary N) is 1. The number of H-pyrrole nitrogens is 1. The van der Waals surface area contributed by atoms with Gasteiger partial charge in [-0.25, -0.2) is 12.8 Å². The molecule has 1 N–H and O–H groups in total. The minimum atomic E-state index is -3.54. The zero-order valence-electron chi connectivity index (χ0n) is 11.2. The predicted octanol–water partition coefficient (Wildman–Crippen LogP) is 1.06. The molecule has 0 atom stereocenters. The second-order valence-corrected chi connectivity index (χ2v) is 6.67. The quantitative estimate of drug-likeness (QED) is 0.920. The molecule has 1 aromatic heterocycles. The third-order valence-corrected chi connectivity index (χ3v) is 5.35. The molecule has 2 aromatic rings. The average Bonchev–Trinajstić information content (AvgIpc) is 3.03. The second-order valence-electron chi connectivity index (χ2n) is 4.76. The largest absolute Gasteiger partial charge is 0.367 e. The standard InChI is InChI=1S/C13H15FN4O2S/c14-11-3-1-2-4-12(11)17-7-9-18(10-8-17)21(19,20)13-5-6-15-16-13/h1-6H,7-10H2,(H,15,16). The summed E-state index contributed by atoms with van der Waals surface area (Å²) in [7, 11) is -3.54. The van der Waals surface area contributed by atoms with Crippen molar-refractivity contribution in [2.24, 2.45) is 0 Å². The molecule has 1 fully saturated rings. The molecule has 1 aliphatic rings. The van der Waals surface area contributed by atoms with E-state index in [9.17, 15) is 12.8 Å². The number of hydrogen-bond donors (Lipinski definition) is 1. The van der Waals surface area contributed by atoms with Crippen LogP contribution in [0.3, 0.4) is 0 Å². The Balaban J connectivity index is 1.73. The van der Waals surface area contributed by atoms with Crippen molar-refractivity contribution in [2.45, 2.75) is 5.03 Å². The van der Waals surface area contributed by atoms with Crippen molar-refractivity contribution in [2.75, 3.05) is 31.1 Å². The number of aromatic nitrogens is 2. The molecule has 0 saturated carbocycles. The second kappa shape index (κ2) is 5.45. The van der Waals surface area contributed by atoms with Crippen molar-refractivity contribution in [1.82, 2.24) is 14.5 Å². The zero-order valence-corrected chi connectivity index (χ0v) is 12.1. The Morgan fingerprint density at radius 2 is 1.81 bits per heavy atom. The minimum Gasteiger partial charge on any atom is -0.367 e. The molecule has 0 unspecified atom stereocenters. The van der Waals surface area contributed by atoms with E-state index in [0.29, 0.717) is 31.9 Å². The summed E-state index contributed by atoms with van der Waals surface area (Å²) in [5.41, 5.74) is 0.510. The summed E-state index contributed by atoms with van der Waals surface area (Å²) in [6.07, 6.45) is 1.41. The van der Waals surface area contributed by atoms with E-state index in [1.807, 2.05) is 4.90 Å². The number of para-hydroxylation sites is 1. The van der Waals surface area contributed by atoms with Gasteiger partial charge in [-0.3, -0.25) is 5.10 Å². The summed E-state index contributed by atoms with van der Waals surface area (Å²) in [4.78, 5) is 1.86. The normalized spacial score (nSPS) is 17.1. The summed E-state index contributed by atoms with van der Waals surface area (Å²) in [6.45, 7) is 1.54. The van der Waals surface area contributed by atoms with Crippen LogP contribution in [0.1, 0.15) is 0 Å². The van der Waals surface area contributed by atoms with E-state index < -0.39 is 10.0 Å². The number of anilines is 1. The number of benzene rings is 1. The van der Waals surface area contributed by atoms with E-state index in [1.165, 1.54) is 22.6 Å². The molecule has 1 saturated heterocycles. The molecule has 0 amide bonds. The van der Waals surface area contributed by atoms with Crippen LogP contribution in [0, 0.1) is 5.82 Å². The zero-order chi connectivity index (χ0) is 14.9. The van der Waals surface area contributed by atoms with Gasteiger partial charge < -0.3 is 4.90 Å². The van der Waals surface area contributed by atoms with Gasteiger partial charge in [-0.2, -0.15) is 9.40 Å². The molecule has 1 aromatic carbocycles. The van der Waals surface area contributed by atoms with Crippen LogP contribution in [0.2, 0.25) is 0 Å². The lowest BCUT2D eigenvalue weighted by molar-refractivity contribution is 0.381. The van der Waals surface area contributed by atoms with Gasteiger partial charge in [0.2, 0.25) is 0 Å². The maximum Gasteiger partial charge on any atom is 0.260 e. The summed E-state index contributed by atoms with van der Waals surface area (Å²) < 4.78 is 39.8. The van der Waals surface area contributed by atoms with Crippen LogP contribution in [0.4, 0.5) is 10.1 Å². The first kappa shape index (κ1) is 14.0. The van der Waals surface area contributed by atoms with E-state index in [1.54, 1.807) is 18.2 Å². The topological polar surface area (TPSA) is 69.3 Å². The van der Waals surface area contributed by atoms with Gasteiger partial charge in [0.05, 0.1) is 11.9 Å². The van der Waals surface area contributed by atoms with Gasteiger partial charge in [-0.15, -0.1) is 0 Å². The molecular weight excluding hydrogens is 295 g/mol. The monoisotopic (exact) mass is 310 g/mol. The number of hydrogen-bond acceptors (Lipinski definition) is 4. The number of nitrogens with zero attached hydrogens (tertiary/aromatic N) is 3. The van der Waals surface area contributed by atoms with Crippen LogP contribution in [0.5, 0.6) is 0 Å². The van der Waals surface area contributed by atoms with E-state index in [0.717, 1.165) is 0 Å². The number of piperazine rings is 1. The number of aromatic amines is 1. The van der Waals surface area contributed by atoms with Crippen molar-refractivity contribution in [1.29, 1.82) is 0 Å². The maximum atomic E-state index is 13.7. The van der Waals surface area contributed by atoms with Crippen LogP contribution < -0.4 is 4.90 Å². The summed E-state index contributed by atoms with van der Waals surface area (Å²) >= 11 is 0. The van der Waals surface area contributed by atoms with Gasteiger partial charge >= 0.3 is 0 Å². The van der Waals surface area contributed by atoms with Crippen molar-refractivity contribution in [3.8, 4) is 0 Å². The third-order valence-electron chi connectivity index (χ3n) is 3.52. The molecule has 0 bridgehead atoms. The number of sulfonamides is 1. The van der Waals surface area contributed by atoms with Crippen LogP contribution >= 0.6 is 0 Å². The summed E-state index contributed by atoms with van der Waals surface area (Å²) in [5, 5.41) is 6.23. The highest BCUT2D eigenvalue weighted by atomic mass is 32.2. The summed E-state index contributed by atoms with van der Waals surface area (Å²) in [6, 6.07) is 7.94. The van der Waals surface area contributed by atoms with Gasteiger partial charge in [0.1, 0.15) is 5.82 Å². The molecule has 112 valence electrons. The third kappa shape index (κ3) is 2.64. The molecule has 2 heterocycles. The Hall–Kier alpha value is -1.93. The van der Waals surface area contributed by atoms with Crippen LogP contribution in [-0.4, -0.2) is 49.1 Å². The van der Waals surface area contributed by atoms with Gasteiger partial charge in [-0.1, -0.05) is 12.1 Å². The molecule has 0 aliphatic carbocycles. The highest BCUT2D eigenvalue weighted by molar-refractivity contribution is 7.89. The van der Waals surface area contributed by atoms with Gasteiger partial charge in [0.15, 0.2) is 5.03 Å². The van der Waals surface area contributed by atoms with Crippen LogP contribution in [0.25, 0.3) is 0 Å². The molecule has 3 rings (SSSR count). The van der Waals surface area contributed by atoms with Crippen LogP contribution in [0.15, 0.2) is 41.6 Å². The minimum absolute atomic E-state index is 0.0850. The number of halogens is 1. The highest BCUT2D eigenvalue weighted by Gasteiger charge is 2.29. The molecule has 0 radical (unpaired) electrons. The maximum absolute atomic E-state index is 13.7. The van der Waals surface area contributed by atoms with Crippen molar-refractivity contribution in [3.05, 3.63) is 42.3 Å². The van der Waals surface area contributed by atoms with E-state index >= 15 is 0 Å². The highest BCUT2D eigenvalue weighted by Crippen LogP contribution is 2.22. The van der Waals surface area contributed by atoms with Crippen LogP contribution in [-0.2, 0) is 10.0 Å². The predicted molar refractivity (Wildman–Crippen MR) is 76.0 cm³/mol. The van der Waals surface area contributed by atoms with Gasteiger partial charge in [0, 0.05) is 26.2 Å². The lowest BCUT2D eigenvalue weighted by Crippen LogP contribution is -2.49. The van der Waals surface area contributed by atoms with Crippen molar-refractivity contribution in [3.63, 3.8) is 0 Å². The number of rotatable bonds is 3. The summed E-state index contributed by atoms with van der Waals surface area (Å²) in [5.74, 6) is -0.289. The fraction of sp³-hybridized carbons (Fsp3) is 0.308. The Morgan fingerprint density at radius 1 is 1.10 bits per heavy atom. The van der Waals surface area contributed by atoms with E-state index in [4.69, 9.17) is 0 Å². The first-order valence-corrected chi connectivity index (χ1v) is 8.02. The SMILES string of the molecule is O=S(=O)(c1ccn[nH]1)N1CCN(c2ccccc2F)CC1. The Labute approximate surface area is 122 Å². The molecule has 8 heteroatoms. The fourth-order valence-corrected chi connectivity index (χ4v) is 3.73. The first-order valence-electron chi connectivity index (χ1n) is 6.58. The van der Waals surface area contributed by atoms with Gasteiger partial charge in [0.25, 0.3) is 10.0 Å². The molecule has 0 spiro atoms. The first-order chi connectivity index (χ1) is 10.1. The van der Waals surface area contributed by atoms with Crippen molar-refractivity contribution >= 4 is 15.7 Å². The Bertz CT molecular complexity index is 710. The molecule has 6 nitrogen and oxygen atoms in total. The molecule has 1 aliphatic heterocycles.